The van der Waals surface area contributed by atoms with Crippen molar-refractivity contribution in [3.05, 3.63) is 59.1 Å². The van der Waals surface area contributed by atoms with E-state index in [0.29, 0.717) is 29.7 Å². The van der Waals surface area contributed by atoms with Crippen LogP contribution in [0.15, 0.2) is 53.6 Å². The van der Waals surface area contributed by atoms with Crippen molar-refractivity contribution in [1.29, 1.82) is 0 Å². The lowest BCUT2D eigenvalue weighted by molar-refractivity contribution is 0.281. The van der Waals surface area contributed by atoms with E-state index in [1.165, 1.54) is 0 Å². The van der Waals surface area contributed by atoms with E-state index in [9.17, 15) is 4.79 Å². The van der Waals surface area contributed by atoms with Gasteiger partial charge in [-0.2, -0.15) is 0 Å². The second-order valence-corrected chi connectivity index (χ2v) is 5.08. The Morgan fingerprint density at radius 3 is 2.73 bits per heavy atom. The SMILES string of the molecule is O=c1c2ccccc2nc(-c2cccnc2)n1CCCCO. The number of aliphatic hydroxyl groups excluding tert-OH is 1. The summed E-state index contributed by atoms with van der Waals surface area (Å²) < 4.78 is 1.68. The molecular weight excluding hydrogens is 278 g/mol. The molecule has 0 saturated carbocycles. The summed E-state index contributed by atoms with van der Waals surface area (Å²) in [6.45, 7) is 0.652. The Labute approximate surface area is 127 Å². The van der Waals surface area contributed by atoms with E-state index in [4.69, 9.17) is 5.11 Å². The van der Waals surface area contributed by atoms with Crippen LogP contribution in [0.25, 0.3) is 22.3 Å². The molecule has 0 spiro atoms. The van der Waals surface area contributed by atoms with Gasteiger partial charge in [-0.1, -0.05) is 12.1 Å². The fraction of sp³-hybridized carbons (Fsp3) is 0.235. The number of aliphatic hydroxyl groups is 1. The first-order valence-corrected chi connectivity index (χ1v) is 7.32. The van der Waals surface area contributed by atoms with Crippen LogP contribution in [0.2, 0.25) is 0 Å². The van der Waals surface area contributed by atoms with Gasteiger partial charge in [0, 0.05) is 31.1 Å². The number of hydrogen-bond donors (Lipinski definition) is 1. The van der Waals surface area contributed by atoms with Gasteiger partial charge in [0.2, 0.25) is 0 Å². The molecule has 0 radical (unpaired) electrons. The summed E-state index contributed by atoms with van der Waals surface area (Å²) in [6, 6.07) is 11.1. The Balaban J connectivity index is 2.19. The van der Waals surface area contributed by atoms with Crippen LogP contribution in [0.5, 0.6) is 0 Å². The first kappa shape index (κ1) is 14.4. The van der Waals surface area contributed by atoms with Crippen LogP contribution in [0, 0.1) is 0 Å². The molecule has 112 valence electrons. The van der Waals surface area contributed by atoms with Crippen molar-refractivity contribution in [2.24, 2.45) is 0 Å². The number of para-hydroxylation sites is 1. The van der Waals surface area contributed by atoms with E-state index < -0.39 is 0 Å². The maximum Gasteiger partial charge on any atom is 0.261 e. The minimum Gasteiger partial charge on any atom is -0.396 e. The molecule has 0 aliphatic rings. The molecule has 22 heavy (non-hydrogen) atoms. The molecule has 3 aromatic rings. The molecule has 0 aliphatic carbocycles. The first-order chi connectivity index (χ1) is 10.8. The van der Waals surface area contributed by atoms with Gasteiger partial charge in [-0.25, -0.2) is 4.98 Å². The third-order valence-corrected chi connectivity index (χ3v) is 3.57. The molecule has 1 N–H and O–H groups in total. The summed E-state index contributed by atoms with van der Waals surface area (Å²) in [4.78, 5) is 21.5. The number of unbranched alkanes of at least 4 members (excludes halogenated alkanes) is 1. The van der Waals surface area contributed by atoms with Gasteiger partial charge in [0.1, 0.15) is 5.82 Å². The fourth-order valence-corrected chi connectivity index (χ4v) is 2.47. The van der Waals surface area contributed by atoms with Crippen molar-refractivity contribution in [3.63, 3.8) is 0 Å². The predicted octanol–water partition coefficient (Wildman–Crippen LogP) is 2.23. The van der Waals surface area contributed by atoms with Crippen LogP contribution in [-0.2, 0) is 6.54 Å². The van der Waals surface area contributed by atoms with Gasteiger partial charge >= 0.3 is 0 Å². The van der Waals surface area contributed by atoms with Gasteiger partial charge in [0.05, 0.1) is 10.9 Å². The Morgan fingerprint density at radius 2 is 1.95 bits per heavy atom. The molecule has 0 aliphatic heterocycles. The number of aromatic nitrogens is 3. The summed E-state index contributed by atoms with van der Waals surface area (Å²) in [6.07, 6.45) is 4.79. The summed E-state index contributed by atoms with van der Waals surface area (Å²) in [5.41, 5.74) is 1.45. The fourth-order valence-electron chi connectivity index (χ4n) is 2.47. The van der Waals surface area contributed by atoms with Crippen LogP contribution in [0.3, 0.4) is 0 Å². The topological polar surface area (TPSA) is 68.0 Å². The van der Waals surface area contributed by atoms with E-state index in [0.717, 1.165) is 12.0 Å². The number of pyridine rings is 1. The molecule has 5 nitrogen and oxygen atoms in total. The molecule has 5 heteroatoms. The second kappa shape index (κ2) is 6.49. The largest absolute Gasteiger partial charge is 0.396 e. The predicted molar refractivity (Wildman–Crippen MR) is 85.6 cm³/mol. The highest BCUT2D eigenvalue weighted by Crippen LogP contribution is 2.18. The minimum absolute atomic E-state index is 0.0533. The molecule has 0 bridgehead atoms. The van der Waals surface area contributed by atoms with Crippen LogP contribution in [-0.4, -0.2) is 26.2 Å². The van der Waals surface area contributed by atoms with Crippen LogP contribution in [0.4, 0.5) is 0 Å². The highest BCUT2D eigenvalue weighted by atomic mass is 16.2. The molecule has 0 amide bonds. The highest BCUT2D eigenvalue weighted by Gasteiger charge is 2.12. The molecule has 2 aromatic heterocycles. The van der Waals surface area contributed by atoms with Crippen molar-refractivity contribution in [1.82, 2.24) is 14.5 Å². The first-order valence-electron chi connectivity index (χ1n) is 7.32. The lowest BCUT2D eigenvalue weighted by atomic mass is 10.2. The van der Waals surface area contributed by atoms with E-state index in [2.05, 4.69) is 9.97 Å². The number of benzene rings is 1. The van der Waals surface area contributed by atoms with E-state index >= 15 is 0 Å². The number of hydrogen-bond acceptors (Lipinski definition) is 4. The van der Waals surface area contributed by atoms with Gasteiger partial charge < -0.3 is 5.11 Å². The maximum atomic E-state index is 12.8. The zero-order chi connectivity index (χ0) is 15.4. The summed E-state index contributed by atoms with van der Waals surface area (Å²) in [5, 5.41) is 9.57. The van der Waals surface area contributed by atoms with Crippen LogP contribution in [0.1, 0.15) is 12.8 Å². The summed E-state index contributed by atoms with van der Waals surface area (Å²) in [5.74, 6) is 0.620. The maximum absolute atomic E-state index is 12.8. The van der Waals surface area contributed by atoms with Crippen molar-refractivity contribution in [2.45, 2.75) is 19.4 Å². The number of fused-ring (bicyclic) bond motifs is 1. The van der Waals surface area contributed by atoms with Crippen LogP contribution >= 0.6 is 0 Å². The normalized spacial score (nSPS) is 11.0. The minimum atomic E-state index is -0.0533. The summed E-state index contributed by atoms with van der Waals surface area (Å²) >= 11 is 0. The second-order valence-electron chi connectivity index (χ2n) is 5.08. The lowest BCUT2D eigenvalue weighted by Gasteiger charge is -2.13. The molecule has 3 rings (SSSR count). The molecule has 0 atom stereocenters. The van der Waals surface area contributed by atoms with Crippen molar-refractivity contribution in [3.8, 4) is 11.4 Å². The quantitative estimate of drug-likeness (QED) is 0.733. The van der Waals surface area contributed by atoms with Crippen molar-refractivity contribution < 1.29 is 5.11 Å². The Morgan fingerprint density at radius 1 is 1.09 bits per heavy atom. The zero-order valence-corrected chi connectivity index (χ0v) is 12.1. The Kier molecular flexibility index (Phi) is 4.25. The van der Waals surface area contributed by atoms with E-state index in [1.807, 2.05) is 30.3 Å². The lowest BCUT2D eigenvalue weighted by Crippen LogP contribution is -2.23. The summed E-state index contributed by atoms with van der Waals surface area (Å²) in [7, 11) is 0. The standard InChI is InChI=1S/C17H17N3O2/c21-11-4-3-10-20-16(13-6-5-9-18-12-13)19-15-8-2-1-7-14(15)17(20)22/h1-2,5-9,12,21H,3-4,10-11H2. The molecule has 0 saturated heterocycles. The van der Waals surface area contributed by atoms with Crippen molar-refractivity contribution in [2.75, 3.05) is 6.61 Å². The third kappa shape index (κ3) is 2.76. The van der Waals surface area contributed by atoms with Gasteiger partial charge in [-0.3, -0.25) is 14.3 Å². The smallest absolute Gasteiger partial charge is 0.261 e. The monoisotopic (exact) mass is 295 g/mol. The average Bonchev–Trinajstić information content (AvgIpc) is 2.57. The average molecular weight is 295 g/mol. The van der Waals surface area contributed by atoms with Crippen LogP contribution < -0.4 is 5.56 Å². The Hall–Kier alpha value is -2.53. The highest BCUT2D eigenvalue weighted by molar-refractivity contribution is 5.79. The third-order valence-electron chi connectivity index (χ3n) is 3.57. The zero-order valence-electron chi connectivity index (χ0n) is 12.1. The van der Waals surface area contributed by atoms with E-state index in [-0.39, 0.29) is 12.2 Å². The van der Waals surface area contributed by atoms with E-state index in [1.54, 1.807) is 23.0 Å². The van der Waals surface area contributed by atoms with Crippen molar-refractivity contribution >= 4 is 10.9 Å². The van der Waals surface area contributed by atoms with Gasteiger partial charge in [-0.15, -0.1) is 0 Å². The molecule has 0 unspecified atom stereocenters. The van der Waals surface area contributed by atoms with Gasteiger partial charge in [0.25, 0.3) is 5.56 Å². The molecule has 0 fully saturated rings. The molecule has 1 aromatic carbocycles. The molecule has 2 heterocycles. The molecular formula is C17H17N3O2. The van der Waals surface area contributed by atoms with Gasteiger partial charge in [0.15, 0.2) is 0 Å². The Bertz CT molecular complexity index is 828. The van der Waals surface area contributed by atoms with Gasteiger partial charge in [-0.05, 0) is 37.1 Å². The number of rotatable bonds is 5. The number of nitrogens with zero attached hydrogens (tertiary/aromatic N) is 3.